The average molecular weight is 337 g/mol. The van der Waals surface area contributed by atoms with Gasteiger partial charge in [-0.05, 0) is 30.9 Å². The van der Waals surface area contributed by atoms with Gasteiger partial charge in [0.05, 0.1) is 0 Å². The maximum Gasteiger partial charge on any atom is 0.223 e. The number of carbonyl (C=O) groups excluding carboxylic acids is 1. The van der Waals surface area contributed by atoms with E-state index in [4.69, 9.17) is 11.6 Å². The van der Waals surface area contributed by atoms with Crippen LogP contribution in [0.5, 0.6) is 0 Å². The van der Waals surface area contributed by atoms with E-state index in [2.05, 4.69) is 17.1 Å². The van der Waals surface area contributed by atoms with Crippen LogP contribution in [0.2, 0.25) is 5.02 Å². The Labute approximate surface area is 141 Å². The summed E-state index contributed by atoms with van der Waals surface area (Å²) in [5.74, 6) is 0.395. The van der Waals surface area contributed by atoms with Crippen molar-refractivity contribution in [1.82, 2.24) is 9.80 Å². The molecule has 1 atom stereocenters. The maximum atomic E-state index is 13.9. The van der Waals surface area contributed by atoms with E-state index in [1.54, 1.807) is 12.1 Å². The molecule has 1 saturated heterocycles. The number of amides is 1. The SMILES string of the molecule is O=C(CC1C=CCC1)N1CCN(Cc2c(F)cccc2Cl)CC1. The van der Waals surface area contributed by atoms with Crippen molar-refractivity contribution >= 4 is 17.5 Å². The first-order valence-corrected chi connectivity index (χ1v) is 8.61. The zero-order valence-corrected chi connectivity index (χ0v) is 13.9. The van der Waals surface area contributed by atoms with Gasteiger partial charge in [-0.3, -0.25) is 9.69 Å². The normalized spacial score (nSPS) is 21.8. The van der Waals surface area contributed by atoms with Crippen molar-refractivity contribution in [2.45, 2.75) is 25.8 Å². The molecule has 1 amide bonds. The third kappa shape index (κ3) is 4.12. The Bertz CT molecular complexity index is 576. The summed E-state index contributed by atoms with van der Waals surface area (Å²) in [6.07, 6.45) is 7.13. The monoisotopic (exact) mass is 336 g/mol. The fourth-order valence-corrected chi connectivity index (χ4v) is 3.50. The molecular weight excluding hydrogens is 315 g/mol. The number of rotatable bonds is 4. The van der Waals surface area contributed by atoms with Gasteiger partial charge in [-0.1, -0.05) is 29.8 Å². The van der Waals surface area contributed by atoms with Crippen LogP contribution in [0.25, 0.3) is 0 Å². The molecule has 1 aliphatic heterocycles. The first-order valence-electron chi connectivity index (χ1n) is 8.23. The Balaban J connectivity index is 1.50. The predicted octanol–water partition coefficient (Wildman–Crippen LogP) is 3.48. The summed E-state index contributed by atoms with van der Waals surface area (Å²) in [5.41, 5.74) is 0.546. The molecule has 2 aliphatic rings. The van der Waals surface area contributed by atoms with E-state index in [1.807, 2.05) is 4.90 Å². The van der Waals surface area contributed by atoms with E-state index in [-0.39, 0.29) is 11.7 Å². The molecule has 1 aromatic carbocycles. The van der Waals surface area contributed by atoms with Crippen LogP contribution in [-0.4, -0.2) is 41.9 Å². The van der Waals surface area contributed by atoms with Crippen molar-refractivity contribution in [2.24, 2.45) is 5.92 Å². The highest BCUT2D eigenvalue weighted by molar-refractivity contribution is 6.31. The zero-order valence-electron chi connectivity index (χ0n) is 13.2. The number of piperazine rings is 1. The quantitative estimate of drug-likeness (QED) is 0.786. The summed E-state index contributed by atoms with van der Waals surface area (Å²) in [6.45, 7) is 3.44. The van der Waals surface area contributed by atoms with Crippen LogP contribution in [0, 0.1) is 11.7 Å². The summed E-state index contributed by atoms with van der Waals surface area (Å²) < 4.78 is 13.9. The third-order valence-corrected chi connectivity index (χ3v) is 5.07. The largest absolute Gasteiger partial charge is 0.340 e. The Morgan fingerprint density at radius 3 is 2.70 bits per heavy atom. The minimum atomic E-state index is -0.260. The molecule has 124 valence electrons. The van der Waals surface area contributed by atoms with Gasteiger partial charge in [-0.25, -0.2) is 4.39 Å². The van der Waals surface area contributed by atoms with Crippen molar-refractivity contribution in [3.8, 4) is 0 Å². The Hall–Kier alpha value is -1.39. The Morgan fingerprint density at radius 1 is 1.26 bits per heavy atom. The molecule has 3 nitrogen and oxygen atoms in total. The molecule has 1 unspecified atom stereocenters. The van der Waals surface area contributed by atoms with Gasteiger partial charge in [-0.15, -0.1) is 0 Å². The predicted molar refractivity (Wildman–Crippen MR) is 89.7 cm³/mol. The van der Waals surface area contributed by atoms with Crippen LogP contribution in [0.3, 0.4) is 0 Å². The fourth-order valence-electron chi connectivity index (χ4n) is 3.28. The summed E-state index contributed by atoms with van der Waals surface area (Å²) in [5, 5.41) is 0.469. The highest BCUT2D eigenvalue weighted by Gasteiger charge is 2.24. The van der Waals surface area contributed by atoms with Crippen LogP contribution in [0.1, 0.15) is 24.8 Å². The van der Waals surface area contributed by atoms with Crippen molar-refractivity contribution in [3.05, 3.63) is 46.8 Å². The van der Waals surface area contributed by atoms with Crippen LogP contribution < -0.4 is 0 Å². The first kappa shape index (κ1) is 16.5. The molecule has 1 fully saturated rings. The minimum Gasteiger partial charge on any atom is -0.340 e. The average Bonchev–Trinajstić information content (AvgIpc) is 3.04. The lowest BCUT2D eigenvalue weighted by atomic mass is 10.0. The lowest BCUT2D eigenvalue weighted by Gasteiger charge is -2.35. The van der Waals surface area contributed by atoms with E-state index in [0.29, 0.717) is 42.6 Å². The molecule has 3 rings (SSSR count). The number of benzene rings is 1. The Kier molecular flexibility index (Phi) is 5.34. The van der Waals surface area contributed by atoms with Crippen LogP contribution >= 0.6 is 11.6 Å². The van der Waals surface area contributed by atoms with Crippen molar-refractivity contribution < 1.29 is 9.18 Å². The number of nitrogens with zero attached hydrogens (tertiary/aromatic N) is 2. The number of allylic oxidation sites excluding steroid dienone is 2. The van der Waals surface area contributed by atoms with Crippen molar-refractivity contribution in [1.29, 1.82) is 0 Å². The molecular formula is C18H22ClFN2O. The second-order valence-electron chi connectivity index (χ2n) is 6.33. The van der Waals surface area contributed by atoms with Gasteiger partial charge < -0.3 is 4.90 Å². The van der Waals surface area contributed by atoms with E-state index >= 15 is 0 Å². The van der Waals surface area contributed by atoms with Gasteiger partial charge in [0.1, 0.15) is 5.82 Å². The molecule has 1 heterocycles. The van der Waals surface area contributed by atoms with Gasteiger partial charge in [-0.2, -0.15) is 0 Å². The van der Waals surface area contributed by atoms with Crippen molar-refractivity contribution in [2.75, 3.05) is 26.2 Å². The molecule has 0 radical (unpaired) electrons. The molecule has 1 aromatic rings. The maximum absolute atomic E-state index is 13.9. The molecule has 23 heavy (non-hydrogen) atoms. The standard InChI is InChI=1S/C18H22ClFN2O/c19-16-6-3-7-17(20)15(16)13-21-8-10-22(11-9-21)18(23)12-14-4-1-2-5-14/h1,3-4,6-7,14H,2,5,8-13H2. The fraction of sp³-hybridized carbons (Fsp3) is 0.500. The Morgan fingerprint density at radius 2 is 2.04 bits per heavy atom. The van der Waals surface area contributed by atoms with Crippen LogP contribution in [0.4, 0.5) is 4.39 Å². The molecule has 0 bridgehead atoms. The number of halogens is 2. The van der Waals surface area contributed by atoms with Crippen LogP contribution in [-0.2, 0) is 11.3 Å². The number of carbonyl (C=O) groups is 1. The van der Waals surface area contributed by atoms with Crippen molar-refractivity contribution in [3.63, 3.8) is 0 Å². The molecule has 0 saturated carbocycles. The highest BCUT2D eigenvalue weighted by Crippen LogP contribution is 2.23. The topological polar surface area (TPSA) is 23.6 Å². The zero-order chi connectivity index (χ0) is 16.2. The van der Waals surface area contributed by atoms with E-state index < -0.39 is 0 Å². The molecule has 0 N–H and O–H groups in total. The van der Waals surface area contributed by atoms with Gasteiger partial charge in [0.15, 0.2) is 0 Å². The summed E-state index contributed by atoms with van der Waals surface area (Å²) in [6, 6.07) is 4.78. The molecule has 0 aromatic heterocycles. The van der Waals surface area contributed by atoms with Gasteiger partial charge in [0, 0.05) is 49.7 Å². The smallest absolute Gasteiger partial charge is 0.223 e. The lowest BCUT2D eigenvalue weighted by Crippen LogP contribution is -2.48. The molecule has 5 heteroatoms. The number of hydrogen-bond donors (Lipinski definition) is 0. The molecule has 1 aliphatic carbocycles. The lowest BCUT2D eigenvalue weighted by molar-refractivity contribution is -0.133. The number of hydrogen-bond acceptors (Lipinski definition) is 2. The highest BCUT2D eigenvalue weighted by atomic mass is 35.5. The summed E-state index contributed by atoms with van der Waals surface area (Å²) >= 11 is 6.09. The summed E-state index contributed by atoms with van der Waals surface area (Å²) in [7, 11) is 0. The van der Waals surface area contributed by atoms with Gasteiger partial charge in [0.25, 0.3) is 0 Å². The summed E-state index contributed by atoms with van der Waals surface area (Å²) in [4.78, 5) is 16.4. The van der Waals surface area contributed by atoms with Gasteiger partial charge in [0.2, 0.25) is 5.91 Å². The molecule has 0 spiro atoms. The minimum absolute atomic E-state index is 0.241. The first-order chi connectivity index (χ1) is 11.1. The second-order valence-corrected chi connectivity index (χ2v) is 6.73. The second kappa shape index (κ2) is 7.45. The van der Waals surface area contributed by atoms with Crippen LogP contribution in [0.15, 0.2) is 30.4 Å². The van der Waals surface area contributed by atoms with E-state index in [0.717, 1.165) is 25.9 Å². The van der Waals surface area contributed by atoms with Gasteiger partial charge >= 0.3 is 0 Å². The third-order valence-electron chi connectivity index (χ3n) is 4.72. The van der Waals surface area contributed by atoms with E-state index in [1.165, 1.54) is 6.07 Å². The van der Waals surface area contributed by atoms with E-state index in [9.17, 15) is 9.18 Å².